The van der Waals surface area contributed by atoms with Crippen LogP contribution in [0, 0.1) is 17.3 Å². The van der Waals surface area contributed by atoms with Gasteiger partial charge in [-0.25, -0.2) is 19.0 Å². The number of benzene rings is 2. The van der Waals surface area contributed by atoms with E-state index in [2.05, 4.69) is 81.3 Å². The number of ether oxygens (including phenoxy) is 4. The smallest absolute Gasteiger partial charge is 0.412 e. The molecule has 13 nitrogen and oxygen atoms in total. The standard InChI is InChI=1S/C56H72FN7O6Si/c1-31(2)71(32(3)4,33(5)6)22-21-37-17-16-18-38-23-39(58-52(65)69-54(10,11)12)24-41(43(37)38)46-45(57)47-44-49(61-51(60-47)67-30-56-25-34(7)27-62(56)28-35(8)26-56)63-29-40-19-20-42(48(63)36(9)68-50(44)59-46)64(40)53(66)70-55(13,14)15/h16-18,23-24,31-33,36,40,42,48H,7-8,19-20,25-30H2,1-6,9-15H3,(H,58,65)/t36-,40+,42-,48+/m0/s1. The second-order valence-corrected chi connectivity index (χ2v) is 29.3. The molecule has 2 aromatic heterocycles. The number of rotatable bonds is 8. The summed E-state index contributed by atoms with van der Waals surface area (Å²) < 4.78 is 43.8. The second-order valence-electron chi connectivity index (χ2n) is 23.7. The highest BCUT2D eigenvalue weighted by atomic mass is 28.3. The highest BCUT2D eigenvalue weighted by Crippen LogP contribution is 2.49. The number of hydrogen-bond acceptors (Lipinski definition) is 11. The Bertz CT molecular complexity index is 2870. The zero-order valence-corrected chi connectivity index (χ0v) is 45.0. The van der Waals surface area contributed by atoms with Crippen molar-refractivity contribution in [2.75, 3.05) is 36.5 Å². The number of carbonyl (C=O) groups is 2. The molecule has 0 saturated carbocycles. The molecule has 5 aliphatic heterocycles. The Balaban J connectivity index is 1.26. The Morgan fingerprint density at radius 3 is 2.23 bits per heavy atom. The maximum Gasteiger partial charge on any atom is 0.412 e. The molecule has 4 aromatic rings. The summed E-state index contributed by atoms with van der Waals surface area (Å²) in [6.07, 6.45) is 1.37. The number of anilines is 2. The lowest BCUT2D eigenvalue weighted by Crippen LogP contribution is -2.65. The monoisotopic (exact) mass is 986 g/mol. The maximum atomic E-state index is 18.5. The lowest BCUT2D eigenvalue weighted by Gasteiger charge is -2.48. The van der Waals surface area contributed by atoms with Gasteiger partial charge in [-0.3, -0.25) is 15.1 Å². The summed E-state index contributed by atoms with van der Waals surface area (Å²) in [5, 5.41) is 4.62. The van der Waals surface area contributed by atoms with Gasteiger partial charge in [0.1, 0.15) is 54.4 Å². The van der Waals surface area contributed by atoms with Crippen molar-refractivity contribution in [1.82, 2.24) is 24.8 Å². The fourth-order valence-corrected chi connectivity index (χ4v) is 18.0. The van der Waals surface area contributed by atoms with Crippen LogP contribution in [0.2, 0.25) is 16.6 Å². The Kier molecular flexibility index (Phi) is 12.8. The van der Waals surface area contributed by atoms with E-state index in [1.54, 1.807) is 26.8 Å². The van der Waals surface area contributed by atoms with Crippen LogP contribution in [0.3, 0.4) is 0 Å². The number of amides is 2. The summed E-state index contributed by atoms with van der Waals surface area (Å²) in [6, 6.07) is 8.54. The van der Waals surface area contributed by atoms with Crippen molar-refractivity contribution in [3.63, 3.8) is 0 Å². The molecule has 2 aromatic carbocycles. The highest BCUT2D eigenvalue weighted by molar-refractivity contribution is 6.90. The molecule has 15 heteroatoms. The van der Waals surface area contributed by atoms with Gasteiger partial charge >= 0.3 is 18.2 Å². The van der Waals surface area contributed by atoms with E-state index >= 15 is 4.39 Å². The Hall–Kier alpha value is -5.72. The van der Waals surface area contributed by atoms with Crippen molar-refractivity contribution in [3.05, 3.63) is 66.0 Å². The largest absolute Gasteiger partial charge is 0.472 e. The Morgan fingerprint density at radius 1 is 0.930 bits per heavy atom. The number of piperazine rings is 1. The molecule has 0 unspecified atom stereocenters. The number of hydrogen-bond donors (Lipinski definition) is 1. The van der Waals surface area contributed by atoms with Gasteiger partial charge < -0.3 is 23.8 Å². The van der Waals surface area contributed by atoms with Crippen LogP contribution >= 0.6 is 0 Å². The van der Waals surface area contributed by atoms with E-state index in [0.29, 0.717) is 63.0 Å². The van der Waals surface area contributed by atoms with Gasteiger partial charge in [-0.05, 0) is 114 Å². The molecule has 71 heavy (non-hydrogen) atoms. The molecule has 7 heterocycles. The first-order valence-corrected chi connectivity index (χ1v) is 27.7. The van der Waals surface area contributed by atoms with Crippen molar-refractivity contribution in [1.29, 1.82) is 0 Å². The van der Waals surface area contributed by atoms with Gasteiger partial charge in [0.2, 0.25) is 5.88 Å². The number of carbonyl (C=O) groups excluding carboxylic acids is 2. The number of aromatic nitrogens is 3. The summed E-state index contributed by atoms with van der Waals surface area (Å²) >= 11 is 0. The number of nitrogens with one attached hydrogen (secondary N) is 1. The number of pyridine rings is 1. The van der Waals surface area contributed by atoms with Crippen LogP contribution in [0.15, 0.2) is 54.6 Å². The third-order valence-electron chi connectivity index (χ3n) is 15.4. The molecule has 0 radical (unpaired) electrons. The molecule has 4 fully saturated rings. The summed E-state index contributed by atoms with van der Waals surface area (Å²) in [4.78, 5) is 49.0. The average Bonchev–Trinajstić information content (AvgIpc) is 3.82. The van der Waals surface area contributed by atoms with E-state index in [1.165, 1.54) is 0 Å². The molecule has 1 N–H and O–H groups in total. The lowest BCUT2D eigenvalue weighted by molar-refractivity contribution is 0.000912. The van der Waals surface area contributed by atoms with E-state index in [1.807, 2.05) is 56.9 Å². The Morgan fingerprint density at radius 2 is 1.59 bits per heavy atom. The quantitative estimate of drug-likeness (QED) is 0.103. The second kappa shape index (κ2) is 18.1. The molecule has 4 saturated heterocycles. The Labute approximate surface area is 419 Å². The number of fused-ring (bicyclic) bond motifs is 7. The van der Waals surface area contributed by atoms with Crippen LogP contribution < -0.4 is 19.7 Å². The molecule has 378 valence electrons. The zero-order valence-electron chi connectivity index (χ0n) is 44.0. The van der Waals surface area contributed by atoms with Crippen LogP contribution in [-0.2, 0) is 9.47 Å². The van der Waals surface area contributed by atoms with Crippen molar-refractivity contribution < 1.29 is 32.9 Å². The lowest BCUT2D eigenvalue weighted by atomic mass is 9.92. The SMILES string of the molecule is C=C1CN2CC(=C)CC2(COc2nc3c4c(nc(-c5cc(NC(=O)OC(C)(C)C)cc6cccc(C#C[Si](C(C)C)(C(C)C)C(C)C)c56)c(F)c4n2)O[C@@H](C)[C@@H]2[C@@H]4CC[C@H](CN32)N4C(=O)OC(C)(C)C)C1. The minimum atomic E-state index is -2.23. The van der Waals surface area contributed by atoms with Gasteiger partial charge in [-0.2, -0.15) is 9.97 Å². The molecule has 0 spiro atoms. The molecular weight excluding hydrogens is 914 g/mol. The van der Waals surface area contributed by atoms with Gasteiger partial charge in [0.25, 0.3) is 0 Å². The van der Waals surface area contributed by atoms with E-state index in [4.69, 9.17) is 33.9 Å². The van der Waals surface area contributed by atoms with Gasteiger partial charge in [0.05, 0.1) is 23.7 Å². The predicted molar refractivity (Wildman–Crippen MR) is 281 cm³/mol. The molecule has 4 atom stereocenters. The van der Waals surface area contributed by atoms with E-state index in [-0.39, 0.29) is 53.4 Å². The summed E-state index contributed by atoms with van der Waals surface area (Å²) in [5.74, 6) is 3.53. The summed E-state index contributed by atoms with van der Waals surface area (Å²) in [7, 11) is -2.23. The van der Waals surface area contributed by atoms with Gasteiger partial charge in [0, 0.05) is 41.8 Å². The van der Waals surface area contributed by atoms with Gasteiger partial charge in [-0.15, -0.1) is 5.54 Å². The van der Waals surface area contributed by atoms with Gasteiger partial charge in [0.15, 0.2) is 5.82 Å². The summed E-state index contributed by atoms with van der Waals surface area (Å²) in [6.45, 7) is 37.4. The van der Waals surface area contributed by atoms with Crippen LogP contribution in [0.4, 0.5) is 25.5 Å². The average molecular weight is 986 g/mol. The van der Waals surface area contributed by atoms with Crippen molar-refractivity contribution in [3.8, 4) is 34.6 Å². The van der Waals surface area contributed by atoms with E-state index in [9.17, 15) is 9.59 Å². The van der Waals surface area contributed by atoms with Crippen molar-refractivity contribution in [2.45, 2.75) is 173 Å². The third-order valence-corrected chi connectivity index (χ3v) is 21.7. The maximum absolute atomic E-state index is 18.5. The van der Waals surface area contributed by atoms with E-state index < -0.39 is 43.3 Å². The minimum Gasteiger partial charge on any atom is -0.472 e. The first-order chi connectivity index (χ1) is 33.3. The fraction of sp³-hybridized carbons (Fsp3) is 0.554. The fourth-order valence-electron chi connectivity index (χ4n) is 12.7. The van der Waals surface area contributed by atoms with E-state index in [0.717, 1.165) is 48.9 Å². The molecule has 2 amide bonds. The number of nitrogens with zero attached hydrogens (tertiary/aromatic N) is 6. The minimum absolute atomic E-state index is 0.0168. The molecule has 2 bridgehead atoms. The first-order valence-electron chi connectivity index (χ1n) is 25.5. The van der Waals surface area contributed by atoms with Crippen LogP contribution in [0.1, 0.15) is 121 Å². The van der Waals surface area contributed by atoms with Crippen molar-refractivity contribution >= 4 is 53.4 Å². The van der Waals surface area contributed by atoms with Crippen molar-refractivity contribution in [2.24, 2.45) is 0 Å². The van der Waals surface area contributed by atoms with Crippen LogP contribution in [0.25, 0.3) is 32.9 Å². The van der Waals surface area contributed by atoms with Crippen LogP contribution in [0.5, 0.6) is 11.9 Å². The molecule has 0 aliphatic carbocycles. The highest BCUT2D eigenvalue weighted by Gasteiger charge is 2.54. The normalized spacial score (nSPS) is 21.9. The molecule has 9 rings (SSSR count). The number of halogens is 1. The van der Waals surface area contributed by atoms with Crippen LogP contribution in [-0.4, -0.2) is 112 Å². The molecule has 5 aliphatic rings. The predicted octanol–water partition coefficient (Wildman–Crippen LogP) is 12.0. The van der Waals surface area contributed by atoms with Gasteiger partial charge in [-0.1, -0.05) is 83.9 Å². The first kappa shape index (κ1) is 50.2. The molecular formula is C56H72FN7O6Si. The summed E-state index contributed by atoms with van der Waals surface area (Å²) in [5.41, 5.74) is 6.86. The zero-order chi connectivity index (χ0) is 51.3. The topological polar surface area (TPSA) is 131 Å². The third kappa shape index (κ3) is 9.13.